The molecule has 0 radical (unpaired) electrons. The first-order valence-corrected chi connectivity index (χ1v) is 9.96. The van der Waals surface area contributed by atoms with Crippen molar-refractivity contribution in [3.8, 4) is 23.2 Å². The predicted molar refractivity (Wildman–Crippen MR) is 106 cm³/mol. The second-order valence-corrected chi connectivity index (χ2v) is 7.68. The summed E-state index contributed by atoms with van der Waals surface area (Å²) in [5.41, 5.74) is 3.48. The monoisotopic (exact) mass is 387 g/mol. The van der Waals surface area contributed by atoms with Crippen LogP contribution in [0.3, 0.4) is 0 Å². The molecule has 0 unspecified atom stereocenters. The molecule has 5 rings (SSSR count). The van der Waals surface area contributed by atoms with Crippen LogP contribution < -0.4 is 9.64 Å². The summed E-state index contributed by atoms with van der Waals surface area (Å²) in [5, 5.41) is 13.3. The Hall–Kier alpha value is -3.40. The molecule has 2 aromatic heterocycles. The molecule has 1 aliphatic heterocycles. The quantitative estimate of drug-likeness (QED) is 0.636. The van der Waals surface area contributed by atoms with Crippen LogP contribution in [0.15, 0.2) is 47.3 Å². The molecule has 3 heterocycles. The number of anilines is 1. The Labute approximate surface area is 168 Å². The van der Waals surface area contributed by atoms with Gasteiger partial charge < -0.3 is 14.2 Å². The topological polar surface area (TPSA) is 88.1 Å². The molecule has 2 fully saturated rings. The third kappa shape index (κ3) is 3.79. The molecule has 2 aliphatic rings. The van der Waals surface area contributed by atoms with Crippen LogP contribution in [-0.2, 0) is 0 Å². The normalized spacial score (nSPS) is 18.6. The number of nitrogens with zero attached hydrogens (tertiary/aromatic N) is 5. The van der Waals surface area contributed by atoms with E-state index in [-0.39, 0.29) is 0 Å². The highest BCUT2D eigenvalue weighted by Crippen LogP contribution is 2.38. The van der Waals surface area contributed by atoms with Crippen molar-refractivity contribution in [3.63, 3.8) is 0 Å². The van der Waals surface area contributed by atoms with Gasteiger partial charge in [-0.05, 0) is 31.4 Å². The van der Waals surface area contributed by atoms with Crippen LogP contribution in [0.1, 0.15) is 36.6 Å². The molecule has 1 saturated heterocycles. The Morgan fingerprint density at radius 2 is 2.03 bits per heavy atom. The fourth-order valence-electron chi connectivity index (χ4n) is 3.71. The SMILES string of the molecule is N#Cc1cnc(C2CC2)nc1OC[C@H]1CCN(c2ccc(-c3ccon3)cc2)C1. The lowest BCUT2D eigenvalue weighted by molar-refractivity contribution is 0.250. The predicted octanol–water partition coefficient (Wildman–Crippen LogP) is 3.79. The van der Waals surface area contributed by atoms with Gasteiger partial charge in [0.1, 0.15) is 29.4 Å². The van der Waals surface area contributed by atoms with Gasteiger partial charge in [0, 0.05) is 42.2 Å². The smallest absolute Gasteiger partial charge is 0.235 e. The summed E-state index contributed by atoms with van der Waals surface area (Å²) in [6.45, 7) is 2.47. The first-order chi connectivity index (χ1) is 14.3. The lowest BCUT2D eigenvalue weighted by atomic mass is 10.1. The van der Waals surface area contributed by atoms with E-state index in [2.05, 4.69) is 50.4 Å². The van der Waals surface area contributed by atoms with Gasteiger partial charge in [-0.3, -0.25) is 0 Å². The van der Waals surface area contributed by atoms with Crippen molar-refractivity contribution in [2.75, 3.05) is 24.6 Å². The molecular weight excluding hydrogens is 366 g/mol. The maximum Gasteiger partial charge on any atom is 0.235 e. The summed E-state index contributed by atoms with van der Waals surface area (Å²) in [7, 11) is 0. The third-order valence-corrected chi connectivity index (χ3v) is 5.54. The number of hydrogen-bond acceptors (Lipinski definition) is 7. The van der Waals surface area contributed by atoms with E-state index in [1.807, 2.05) is 6.07 Å². The Morgan fingerprint density at radius 3 is 2.76 bits per heavy atom. The molecule has 1 aromatic carbocycles. The van der Waals surface area contributed by atoms with E-state index < -0.39 is 0 Å². The molecular formula is C22H21N5O2. The van der Waals surface area contributed by atoms with Crippen LogP contribution in [0.2, 0.25) is 0 Å². The highest BCUT2D eigenvalue weighted by molar-refractivity contribution is 5.62. The minimum Gasteiger partial charge on any atom is -0.476 e. The average molecular weight is 387 g/mol. The van der Waals surface area contributed by atoms with Gasteiger partial charge in [-0.1, -0.05) is 17.3 Å². The maximum atomic E-state index is 9.31. The fraction of sp³-hybridized carbons (Fsp3) is 0.364. The van der Waals surface area contributed by atoms with Crippen molar-refractivity contribution >= 4 is 5.69 Å². The van der Waals surface area contributed by atoms with Crippen LogP contribution in [0, 0.1) is 17.2 Å². The standard InChI is InChI=1S/C22H21N5O2/c23-11-18-12-24-21(17-1-2-17)25-22(18)28-14-15-7-9-27(13-15)19-5-3-16(4-6-19)20-8-10-29-26-20/h3-6,8,10,12,15,17H,1-2,7,9,13-14H2/t15-/m0/s1. The number of aromatic nitrogens is 3. The molecule has 29 heavy (non-hydrogen) atoms. The van der Waals surface area contributed by atoms with E-state index in [9.17, 15) is 5.26 Å². The Bertz CT molecular complexity index is 1020. The maximum absolute atomic E-state index is 9.31. The van der Waals surface area contributed by atoms with E-state index in [0.717, 1.165) is 49.4 Å². The van der Waals surface area contributed by atoms with Crippen molar-refractivity contribution in [2.24, 2.45) is 5.92 Å². The first kappa shape index (κ1) is 17.7. The summed E-state index contributed by atoms with van der Waals surface area (Å²) >= 11 is 0. The van der Waals surface area contributed by atoms with Gasteiger partial charge in [-0.25, -0.2) is 4.98 Å². The lowest BCUT2D eigenvalue weighted by Gasteiger charge is -2.19. The van der Waals surface area contributed by atoms with Crippen molar-refractivity contribution in [2.45, 2.75) is 25.2 Å². The van der Waals surface area contributed by atoms with Crippen molar-refractivity contribution in [1.82, 2.24) is 15.1 Å². The molecule has 3 aromatic rings. The zero-order valence-electron chi connectivity index (χ0n) is 16.0. The van der Waals surface area contributed by atoms with E-state index in [0.29, 0.717) is 29.9 Å². The summed E-state index contributed by atoms with van der Waals surface area (Å²) in [4.78, 5) is 11.2. The molecule has 0 amide bonds. The summed E-state index contributed by atoms with van der Waals surface area (Å²) in [6, 6.07) is 12.4. The van der Waals surface area contributed by atoms with Gasteiger partial charge in [-0.15, -0.1) is 0 Å². The molecule has 146 valence electrons. The zero-order valence-corrected chi connectivity index (χ0v) is 16.0. The molecule has 1 saturated carbocycles. The second-order valence-electron chi connectivity index (χ2n) is 7.68. The molecule has 7 heteroatoms. The van der Waals surface area contributed by atoms with Crippen molar-refractivity contribution in [1.29, 1.82) is 5.26 Å². The lowest BCUT2D eigenvalue weighted by Crippen LogP contribution is -2.22. The summed E-state index contributed by atoms with van der Waals surface area (Å²) in [5.74, 6) is 2.07. The summed E-state index contributed by atoms with van der Waals surface area (Å²) in [6.07, 6.45) is 6.47. The number of ether oxygens (including phenoxy) is 1. The zero-order chi connectivity index (χ0) is 19.6. The van der Waals surface area contributed by atoms with Gasteiger partial charge in [-0.2, -0.15) is 10.2 Å². The van der Waals surface area contributed by atoms with Crippen LogP contribution in [0.5, 0.6) is 5.88 Å². The van der Waals surface area contributed by atoms with E-state index >= 15 is 0 Å². The van der Waals surface area contributed by atoms with Crippen LogP contribution in [-0.4, -0.2) is 34.8 Å². The van der Waals surface area contributed by atoms with Crippen LogP contribution in [0.4, 0.5) is 5.69 Å². The Kier molecular flexibility index (Phi) is 4.60. The fourth-order valence-corrected chi connectivity index (χ4v) is 3.71. The minimum atomic E-state index is 0.399. The molecule has 1 aliphatic carbocycles. The number of hydrogen-bond donors (Lipinski definition) is 0. The van der Waals surface area contributed by atoms with Gasteiger partial charge in [0.05, 0.1) is 12.8 Å². The molecule has 1 atom stereocenters. The highest BCUT2D eigenvalue weighted by Gasteiger charge is 2.28. The van der Waals surface area contributed by atoms with E-state index in [1.54, 1.807) is 12.5 Å². The van der Waals surface area contributed by atoms with Crippen molar-refractivity contribution < 1.29 is 9.26 Å². The number of benzene rings is 1. The number of nitriles is 1. The van der Waals surface area contributed by atoms with Crippen LogP contribution in [0.25, 0.3) is 11.3 Å². The second kappa shape index (κ2) is 7.55. The first-order valence-electron chi connectivity index (χ1n) is 9.96. The summed E-state index contributed by atoms with van der Waals surface area (Å²) < 4.78 is 10.9. The molecule has 0 N–H and O–H groups in total. The minimum absolute atomic E-state index is 0.399. The van der Waals surface area contributed by atoms with Gasteiger partial charge >= 0.3 is 0 Å². The molecule has 7 nitrogen and oxygen atoms in total. The van der Waals surface area contributed by atoms with Gasteiger partial charge in [0.2, 0.25) is 5.88 Å². The van der Waals surface area contributed by atoms with E-state index in [1.165, 1.54) is 5.69 Å². The molecule has 0 bridgehead atoms. The number of rotatable bonds is 6. The van der Waals surface area contributed by atoms with Gasteiger partial charge in [0.15, 0.2) is 0 Å². The van der Waals surface area contributed by atoms with Crippen molar-refractivity contribution in [3.05, 3.63) is 54.2 Å². The van der Waals surface area contributed by atoms with E-state index in [4.69, 9.17) is 9.26 Å². The van der Waals surface area contributed by atoms with Crippen LogP contribution >= 0.6 is 0 Å². The van der Waals surface area contributed by atoms with Gasteiger partial charge in [0.25, 0.3) is 0 Å². The molecule has 0 spiro atoms. The largest absolute Gasteiger partial charge is 0.476 e. The third-order valence-electron chi connectivity index (χ3n) is 5.54. The Balaban J connectivity index is 1.21. The highest BCUT2D eigenvalue weighted by atomic mass is 16.5. The Morgan fingerprint density at radius 1 is 1.17 bits per heavy atom. The average Bonchev–Trinajstić information content (AvgIpc) is 3.26.